The van der Waals surface area contributed by atoms with E-state index in [0.717, 1.165) is 0 Å². The summed E-state index contributed by atoms with van der Waals surface area (Å²) in [6.07, 6.45) is 0. The molecule has 5 heteroatoms. The number of carboxylic acid groups (broad SMARTS) is 1. The average Bonchev–Trinajstić information content (AvgIpc) is 2.52. The van der Waals surface area contributed by atoms with Crippen LogP contribution in [0.25, 0.3) is 10.9 Å². The van der Waals surface area contributed by atoms with E-state index in [-0.39, 0.29) is 10.7 Å². The first-order valence-corrected chi connectivity index (χ1v) is 4.60. The molecule has 78 valence electrons. The normalized spacial score (nSPS) is 10.5. The molecule has 0 atom stereocenters. The molecule has 4 nitrogen and oxygen atoms in total. The van der Waals surface area contributed by atoms with E-state index in [9.17, 15) is 4.79 Å². The van der Waals surface area contributed by atoms with Crippen molar-refractivity contribution in [2.75, 3.05) is 7.11 Å². The van der Waals surface area contributed by atoms with Crippen LogP contribution >= 0.6 is 11.6 Å². The maximum absolute atomic E-state index is 11.0. The molecule has 0 saturated carbocycles. The van der Waals surface area contributed by atoms with Gasteiger partial charge in [-0.3, -0.25) is 0 Å². The van der Waals surface area contributed by atoms with Crippen LogP contribution < -0.4 is 4.74 Å². The monoisotopic (exact) mass is 225 g/mol. The second-order valence-corrected chi connectivity index (χ2v) is 3.41. The molecule has 0 amide bonds. The van der Waals surface area contributed by atoms with Crippen molar-refractivity contribution in [3.05, 3.63) is 28.9 Å². The van der Waals surface area contributed by atoms with Gasteiger partial charge in [0, 0.05) is 10.9 Å². The number of benzene rings is 1. The Hall–Kier alpha value is -1.68. The maximum atomic E-state index is 11.0. The molecule has 15 heavy (non-hydrogen) atoms. The van der Waals surface area contributed by atoms with E-state index in [2.05, 4.69) is 4.98 Å². The summed E-state index contributed by atoms with van der Waals surface area (Å²) in [5.74, 6) is -0.458. The standard InChI is InChI=1S/C10H8ClNO3/c1-15-5-2-3-7-6(4-5)8(10(13)14)9(11)12-7/h2-4,12H,1H3,(H,13,14). The minimum Gasteiger partial charge on any atom is -0.497 e. The van der Waals surface area contributed by atoms with Gasteiger partial charge in [0.05, 0.1) is 7.11 Å². The highest BCUT2D eigenvalue weighted by Gasteiger charge is 2.16. The lowest BCUT2D eigenvalue weighted by atomic mass is 10.1. The number of H-pyrrole nitrogens is 1. The zero-order valence-corrected chi connectivity index (χ0v) is 8.63. The molecule has 0 aliphatic carbocycles. The molecule has 1 aromatic carbocycles. The van der Waals surface area contributed by atoms with Crippen molar-refractivity contribution in [1.29, 1.82) is 0 Å². The number of aromatic carboxylic acids is 1. The molecule has 2 rings (SSSR count). The number of hydrogen-bond acceptors (Lipinski definition) is 2. The Kier molecular flexibility index (Phi) is 2.28. The molecule has 0 aliphatic rings. The van der Waals surface area contributed by atoms with Gasteiger partial charge in [-0.15, -0.1) is 0 Å². The molecule has 2 N–H and O–H groups in total. The van der Waals surface area contributed by atoms with Gasteiger partial charge in [-0.25, -0.2) is 4.79 Å². The summed E-state index contributed by atoms with van der Waals surface area (Å²) in [7, 11) is 1.52. The van der Waals surface area contributed by atoms with Gasteiger partial charge in [-0.05, 0) is 18.2 Å². The smallest absolute Gasteiger partial charge is 0.339 e. The van der Waals surface area contributed by atoms with Crippen molar-refractivity contribution in [3.63, 3.8) is 0 Å². The Morgan fingerprint density at radius 3 is 2.87 bits per heavy atom. The van der Waals surface area contributed by atoms with E-state index >= 15 is 0 Å². The first-order chi connectivity index (χ1) is 7.13. The van der Waals surface area contributed by atoms with Crippen molar-refractivity contribution < 1.29 is 14.6 Å². The van der Waals surface area contributed by atoms with Crippen LogP contribution in [-0.4, -0.2) is 23.2 Å². The quantitative estimate of drug-likeness (QED) is 0.826. The third-order valence-electron chi connectivity index (χ3n) is 2.17. The lowest BCUT2D eigenvalue weighted by molar-refractivity contribution is 0.0699. The molecule has 0 radical (unpaired) electrons. The predicted octanol–water partition coefficient (Wildman–Crippen LogP) is 2.53. The minimum absolute atomic E-state index is 0.0746. The number of carbonyl (C=O) groups is 1. The van der Waals surface area contributed by atoms with Crippen LogP contribution in [-0.2, 0) is 0 Å². The van der Waals surface area contributed by atoms with Gasteiger partial charge in [-0.2, -0.15) is 0 Å². The van der Waals surface area contributed by atoms with Crippen molar-refractivity contribution in [2.45, 2.75) is 0 Å². The number of fused-ring (bicyclic) bond motifs is 1. The second kappa shape index (κ2) is 3.47. The third kappa shape index (κ3) is 1.53. The van der Waals surface area contributed by atoms with Crippen LogP contribution in [0.1, 0.15) is 10.4 Å². The Balaban J connectivity index is 2.77. The summed E-state index contributed by atoms with van der Waals surface area (Å²) < 4.78 is 5.02. The molecular formula is C10H8ClNO3. The number of carboxylic acids is 1. The van der Waals surface area contributed by atoms with Crippen LogP contribution in [0.2, 0.25) is 5.15 Å². The fourth-order valence-electron chi connectivity index (χ4n) is 1.47. The second-order valence-electron chi connectivity index (χ2n) is 3.03. The van der Waals surface area contributed by atoms with E-state index in [1.165, 1.54) is 7.11 Å². The van der Waals surface area contributed by atoms with Gasteiger partial charge in [-0.1, -0.05) is 11.6 Å². The lowest BCUT2D eigenvalue weighted by Crippen LogP contribution is -1.95. The van der Waals surface area contributed by atoms with Gasteiger partial charge >= 0.3 is 5.97 Å². The molecule has 0 unspecified atom stereocenters. The fraction of sp³-hybridized carbons (Fsp3) is 0.100. The molecule has 2 aromatic rings. The van der Waals surface area contributed by atoms with Crippen LogP contribution in [0.5, 0.6) is 5.75 Å². The van der Waals surface area contributed by atoms with E-state index in [1.54, 1.807) is 18.2 Å². The van der Waals surface area contributed by atoms with Crippen LogP contribution in [0, 0.1) is 0 Å². The van der Waals surface area contributed by atoms with E-state index < -0.39 is 5.97 Å². The summed E-state index contributed by atoms with van der Waals surface area (Å²) in [5, 5.41) is 9.65. The van der Waals surface area contributed by atoms with Crippen molar-refractivity contribution in [3.8, 4) is 5.75 Å². The van der Waals surface area contributed by atoms with E-state index in [4.69, 9.17) is 21.4 Å². The number of aromatic amines is 1. The first kappa shape index (κ1) is 9.86. The third-order valence-corrected chi connectivity index (χ3v) is 2.46. The topological polar surface area (TPSA) is 62.3 Å². The molecule has 1 aromatic heterocycles. The van der Waals surface area contributed by atoms with Gasteiger partial charge < -0.3 is 14.8 Å². The van der Waals surface area contributed by atoms with E-state index in [0.29, 0.717) is 16.7 Å². The number of nitrogens with one attached hydrogen (secondary N) is 1. The largest absolute Gasteiger partial charge is 0.497 e. The maximum Gasteiger partial charge on any atom is 0.339 e. The number of halogens is 1. The summed E-state index contributed by atoms with van der Waals surface area (Å²) in [4.78, 5) is 13.7. The van der Waals surface area contributed by atoms with Crippen LogP contribution in [0.3, 0.4) is 0 Å². The molecule has 0 fully saturated rings. The van der Waals surface area contributed by atoms with Gasteiger partial charge in [0.1, 0.15) is 16.5 Å². The number of methoxy groups -OCH3 is 1. The zero-order valence-electron chi connectivity index (χ0n) is 7.87. The Labute approximate surface area is 90.4 Å². The Morgan fingerprint density at radius 2 is 2.27 bits per heavy atom. The van der Waals surface area contributed by atoms with Crippen LogP contribution in [0.4, 0.5) is 0 Å². The van der Waals surface area contributed by atoms with Crippen molar-refractivity contribution in [1.82, 2.24) is 4.98 Å². The highest BCUT2D eigenvalue weighted by atomic mass is 35.5. The van der Waals surface area contributed by atoms with E-state index in [1.807, 2.05) is 0 Å². The molecule has 0 spiro atoms. The number of aromatic nitrogens is 1. The SMILES string of the molecule is COc1ccc2[nH]c(Cl)c(C(=O)O)c2c1. The first-order valence-electron chi connectivity index (χ1n) is 4.22. The molecule has 0 saturated heterocycles. The Bertz CT molecular complexity index is 533. The number of hydrogen-bond donors (Lipinski definition) is 2. The summed E-state index contributed by atoms with van der Waals surface area (Å²) in [6, 6.07) is 5.11. The van der Waals surface area contributed by atoms with Gasteiger partial charge in [0.2, 0.25) is 0 Å². The zero-order chi connectivity index (χ0) is 11.0. The summed E-state index contributed by atoms with van der Waals surface area (Å²) in [6.45, 7) is 0. The van der Waals surface area contributed by atoms with Crippen molar-refractivity contribution >= 4 is 28.5 Å². The molecular weight excluding hydrogens is 218 g/mol. The van der Waals surface area contributed by atoms with Gasteiger partial charge in [0.25, 0.3) is 0 Å². The van der Waals surface area contributed by atoms with Gasteiger partial charge in [0.15, 0.2) is 0 Å². The average molecular weight is 226 g/mol. The molecule has 0 aliphatic heterocycles. The minimum atomic E-state index is -1.06. The Morgan fingerprint density at radius 1 is 1.53 bits per heavy atom. The van der Waals surface area contributed by atoms with Crippen LogP contribution in [0.15, 0.2) is 18.2 Å². The fourth-order valence-corrected chi connectivity index (χ4v) is 1.76. The molecule has 1 heterocycles. The summed E-state index contributed by atoms with van der Waals surface area (Å²) >= 11 is 5.78. The number of ether oxygens (including phenoxy) is 1. The molecule has 0 bridgehead atoms. The number of rotatable bonds is 2. The highest BCUT2D eigenvalue weighted by Crippen LogP contribution is 2.29. The predicted molar refractivity (Wildman–Crippen MR) is 56.8 cm³/mol. The lowest BCUT2D eigenvalue weighted by Gasteiger charge is -1.99. The highest BCUT2D eigenvalue weighted by molar-refractivity contribution is 6.34. The summed E-state index contributed by atoms with van der Waals surface area (Å²) in [5.41, 5.74) is 0.753. The van der Waals surface area contributed by atoms with Crippen molar-refractivity contribution in [2.24, 2.45) is 0 Å².